The van der Waals surface area contributed by atoms with Gasteiger partial charge in [-0.3, -0.25) is 4.68 Å². The van der Waals surface area contributed by atoms with Crippen molar-refractivity contribution in [2.24, 2.45) is 7.05 Å². The number of hydrogen-bond acceptors (Lipinski definition) is 4. The number of aryl methyl sites for hydroxylation is 1. The molecular formula is C12H19N5O. The van der Waals surface area contributed by atoms with E-state index in [0.29, 0.717) is 6.42 Å². The second-order valence-electron chi connectivity index (χ2n) is 4.74. The van der Waals surface area contributed by atoms with Crippen molar-refractivity contribution in [2.75, 3.05) is 0 Å². The van der Waals surface area contributed by atoms with Crippen molar-refractivity contribution in [3.05, 3.63) is 29.6 Å². The van der Waals surface area contributed by atoms with Crippen LogP contribution in [-0.4, -0.2) is 29.7 Å². The molecule has 1 unspecified atom stereocenters. The molecule has 0 saturated carbocycles. The van der Waals surface area contributed by atoms with E-state index in [2.05, 4.69) is 15.2 Å². The quantitative estimate of drug-likeness (QED) is 0.883. The highest BCUT2D eigenvalue weighted by atomic mass is 16.3. The highest BCUT2D eigenvalue weighted by Gasteiger charge is 2.18. The average molecular weight is 249 g/mol. The fraction of sp³-hybridized carbons (Fsp3) is 0.583. The molecule has 0 aliphatic rings. The third-order valence-electron chi connectivity index (χ3n) is 3.14. The van der Waals surface area contributed by atoms with Crippen LogP contribution in [0.15, 0.2) is 12.5 Å². The van der Waals surface area contributed by atoms with E-state index in [9.17, 15) is 5.11 Å². The van der Waals surface area contributed by atoms with Gasteiger partial charge in [0.1, 0.15) is 12.2 Å². The van der Waals surface area contributed by atoms with Crippen molar-refractivity contribution in [3.8, 4) is 0 Å². The fourth-order valence-electron chi connectivity index (χ4n) is 1.98. The summed E-state index contributed by atoms with van der Waals surface area (Å²) in [7, 11) is 1.86. The van der Waals surface area contributed by atoms with Crippen molar-refractivity contribution in [3.63, 3.8) is 0 Å². The maximum Gasteiger partial charge on any atom is 0.138 e. The topological polar surface area (TPSA) is 68.8 Å². The number of aliphatic hydroxyl groups is 1. The van der Waals surface area contributed by atoms with E-state index < -0.39 is 6.10 Å². The van der Waals surface area contributed by atoms with Gasteiger partial charge in [-0.25, -0.2) is 9.67 Å². The zero-order valence-corrected chi connectivity index (χ0v) is 11.2. The van der Waals surface area contributed by atoms with Crippen molar-refractivity contribution in [2.45, 2.75) is 39.3 Å². The molecule has 0 bridgehead atoms. The van der Waals surface area contributed by atoms with Gasteiger partial charge in [0, 0.05) is 30.8 Å². The molecule has 0 fully saturated rings. The smallest absolute Gasteiger partial charge is 0.138 e. The van der Waals surface area contributed by atoms with Gasteiger partial charge in [0.15, 0.2) is 0 Å². The summed E-state index contributed by atoms with van der Waals surface area (Å²) in [6.07, 6.45) is 3.08. The molecule has 1 atom stereocenters. The van der Waals surface area contributed by atoms with Crippen LogP contribution in [0.2, 0.25) is 0 Å². The molecule has 2 aromatic rings. The molecule has 2 aromatic heterocycles. The molecule has 1 N–H and O–H groups in total. The molecule has 2 rings (SSSR count). The van der Waals surface area contributed by atoms with Gasteiger partial charge in [-0.1, -0.05) is 0 Å². The summed E-state index contributed by atoms with van der Waals surface area (Å²) in [5.74, 6) is 0.792. The van der Waals surface area contributed by atoms with Gasteiger partial charge in [-0.05, 0) is 20.8 Å². The monoisotopic (exact) mass is 249 g/mol. The molecule has 18 heavy (non-hydrogen) atoms. The van der Waals surface area contributed by atoms with Crippen LogP contribution < -0.4 is 0 Å². The lowest BCUT2D eigenvalue weighted by Gasteiger charge is -2.13. The Morgan fingerprint density at radius 1 is 1.33 bits per heavy atom. The summed E-state index contributed by atoms with van der Waals surface area (Å²) in [5, 5.41) is 18.6. The van der Waals surface area contributed by atoms with Crippen LogP contribution in [0.3, 0.4) is 0 Å². The minimum atomic E-state index is -0.597. The predicted octanol–water partition coefficient (Wildman–Crippen LogP) is 1.18. The Kier molecular flexibility index (Phi) is 3.47. The Morgan fingerprint density at radius 3 is 2.61 bits per heavy atom. The molecule has 6 heteroatoms. The second-order valence-corrected chi connectivity index (χ2v) is 4.74. The van der Waals surface area contributed by atoms with Crippen molar-refractivity contribution < 1.29 is 5.11 Å². The first-order valence-electron chi connectivity index (χ1n) is 6.05. The Hall–Kier alpha value is -1.69. The Balaban J connectivity index is 2.19. The van der Waals surface area contributed by atoms with Gasteiger partial charge in [0.2, 0.25) is 0 Å². The first-order chi connectivity index (χ1) is 8.50. The number of rotatable bonds is 4. The highest BCUT2D eigenvalue weighted by Crippen LogP contribution is 2.20. The van der Waals surface area contributed by atoms with Crippen LogP contribution >= 0.6 is 0 Å². The van der Waals surface area contributed by atoms with E-state index in [-0.39, 0.29) is 6.04 Å². The molecule has 0 aliphatic carbocycles. The number of hydrogen-bond donors (Lipinski definition) is 1. The third-order valence-corrected chi connectivity index (χ3v) is 3.14. The number of aliphatic hydroxyl groups excluding tert-OH is 1. The molecule has 2 heterocycles. The highest BCUT2D eigenvalue weighted by molar-refractivity contribution is 5.19. The molecule has 0 saturated heterocycles. The molecule has 6 nitrogen and oxygen atoms in total. The summed E-state index contributed by atoms with van der Waals surface area (Å²) in [5.41, 5.74) is 1.81. The van der Waals surface area contributed by atoms with Crippen LogP contribution in [0, 0.1) is 6.92 Å². The maximum absolute atomic E-state index is 10.3. The number of nitrogens with zero attached hydrogens (tertiary/aromatic N) is 5. The molecule has 0 aliphatic heterocycles. The summed E-state index contributed by atoms with van der Waals surface area (Å²) >= 11 is 0. The van der Waals surface area contributed by atoms with E-state index in [1.54, 1.807) is 10.9 Å². The Labute approximate surface area is 106 Å². The molecule has 0 aromatic carbocycles. The van der Waals surface area contributed by atoms with Crippen LogP contribution in [0.1, 0.15) is 43.1 Å². The molecule has 0 radical (unpaired) electrons. The Bertz CT molecular complexity index is 528. The minimum absolute atomic E-state index is 0.240. The lowest BCUT2D eigenvalue weighted by Crippen LogP contribution is -2.12. The minimum Gasteiger partial charge on any atom is -0.388 e. The van der Waals surface area contributed by atoms with Crippen molar-refractivity contribution in [1.29, 1.82) is 0 Å². The normalized spacial score (nSPS) is 13.2. The van der Waals surface area contributed by atoms with Gasteiger partial charge < -0.3 is 5.11 Å². The standard InChI is InChI=1S/C12H19N5O/c1-8(2)17-12(13-7-15-17)5-11(18)10-6-14-16(4)9(10)3/h6-8,11,18H,5H2,1-4H3. The van der Waals surface area contributed by atoms with Crippen LogP contribution in [-0.2, 0) is 13.5 Å². The van der Waals surface area contributed by atoms with E-state index >= 15 is 0 Å². The van der Waals surface area contributed by atoms with Crippen LogP contribution in [0.5, 0.6) is 0 Å². The zero-order chi connectivity index (χ0) is 13.3. The summed E-state index contributed by atoms with van der Waals surface area (Å²) in [6, 6.07) is 0.240. The predicted molar refractivity (Wildman–Crippen MR) is 67.0 cm³/mol. The maximum atomic E-state index is 10.3. The SMILES string of the molecule is Cc1c(C(O)Cc2ncnn2C(C)C)cnn1C. The largest absolute Gasteiger partial charge is 0.388 e. The van der Waals surface area contributed by atoms with Gasteiger partial charge in [0.05, 0.1) is 12.3 Å². The fourth-order valence-corrected chi connectivity index (χ4v) is 1.98. The van der Waals surface area contributed by atoms with Crippen LogP contribution in [0.4, 0.5) is 0 Å². The first kappa shape index (κ1) is 12.8. The van der Waals surface area contributed by atoms with Crippen LogP contribution in [0.25, 0.3) is 0 Å². The van der Waals surface area contributed by atoms with E-state index in [1.807, 2.05) is 32.5 Å². The van der Waals surface area contributed by atoms with E-state index in [4.69, 9.17) is 0 Å². The summed E-state index contributed by atoms with van der Waals surface area (Å²) < 4.78 is 3.58. The summed E-state index contributed by atoms with van der Waals surface area (Å²) in [4.78, 5) is 4.20. The second kappa shape index (κ2) is 4.89. The molecular weight excluding hydrogens is 230 g/mol. The number of aromatic nitrogens is 5. The lowest BCUT2D eigenvalue weighted by atomic mass is 10.1. The zero-order valence-electron chi connectivity index (χ0n) is 11.2. The van der Waals surface area contributed by atoms with E-state index in [0.717, 1.165) is 17.1 Å². The van der Waals surface area contributed by atoms with Gasteiger partial charge in [-0.2, -0.15) is 10.2 Å². The molecule has 0 amide bonds. The van der Waals surface area contributed by atoms with Crippen molar-refractivity contribution in [1.82, 2.24) is 24.5 Å². The van der Waals surface area contributed by atoms with E-state index in [1.165, 1.54) is 6.33 Å². The van der Waals surface area contributed by atoms with Gasteiger partial charge in [-0.15, -0.1) is 0 Å². The lowest BCUT2D eigenvalue weighted by molar-refractivity contribution is 0.172. The van der Waals surface area contributed by atoms with Gasteiger partial charge in [0.25, 0.3) is 0 Å². The summed E-state index contributed by atoms with van der Waals surface area (Å²) in [6.45, 7) is 6.03. The average Bonchev–Trinajstić information content (AvgIpc) is 2.88. The van der Waals surface area contributed by atoms with Gasteiger partial charge >= 0.3 is 0 Å². The Morgan fingerprint density at radius 2 is 2.06 bits per heavy atom. The molecule has 98 valence electrons. The van der Waals surface area contributed by atoms with Crippen molar-refractivity contribution >= 4 is 0 Å². The first-order valence-corrected chi connectivity index (χ1v) is 6.05. The molecule has 0 spiro atoms. The third kappa shape index (κ3) is 2.28.